The van der Waals surface area contributed by atoms with Crippen LogP contribution in [0.1, 0.15) is 18.4 Å². The molecular formula is C15H21FN2O3. The van der Waals surface area contributed by atoms with E-state index >= 15 is 0 Å². The summed E-state index contributed by atoms with van der Waals surface area (Å²) in [6, 6.07) is 6.07. The fraction of sp³-hybridized carbons (Fsp3) is 0.533. The lowest BCUT2D eigenvalue weighted by Crippen LogP contribution is -2.37. The van der Waals surface area contributed by atoms with Crippen molar-refractivity contribution in [1.29, 1.82) is 0 Å². The Morgan fingerprint density at radius 3 is 2.62 bits per heavy atom. The number of amides is 1. The lowest BCUT2D eigenvalue weighted by Gasteiger charge is -2.24. The van der Waals surface area contributed by atoms with E-state index in [0.29, 0.717) is 19.6 Å². The molecule has 2 N–H and O–H groups in total. The zero-order valence-electron chi connectivity index (χ0n) is 12.1. The largest absolute Gasteiger partial charge is 0.453 e. The van der Waals surface area contributed by atoms with Crippen LogP contribution in [-0.2, 0) is 16.0 Å². The highest BCUT2D eigenvalue weighted by Crippen LogP contribution is 2.21. The fourth-order valence-electron chi connectivity index (χ4n) is 2.48. The monoisotopic (exact) mass is 296 g/mol. The van der Waals surface area contributed by atoms with Gasteiger partial charge in [-0.3, -0.25) is 0 Å². The molecule has 1 aromatic carbocycles. The number of nitrogens with two attached hydrogens (primary N) is 1. The van der Waals surface area contributed by atoms with Gasteiger partial charge >= 0.3 is 6.09 Å². The maximum absolute atomic E-state index is 12.9. The SMILES string of the molecule is COC(=O)N(Cc1ccc(F)cc1)C[C@H]1CC[C@H](CN)O1. The third-order valence-corrected chi connectivity index (χ3v) is 3.60. The second-order valence-corrected chi connectivity index (χ2v) is 5.17. The molecular weight excluding hydrogens is 275 g/mol. The Labute approximate surface area is 123 Å². The zero-order valence-corrected chi connectivity index (χ0v) is 12.1. The summed E-state index contributed by atoms with van der Waals surface area (Å²) in [5, 5.41) is 0. The number of ether oxygens (including phenoxy) is 2. The minimum atomic E-state index is -0.417. The van der Waals surface area contributed by atoms with Crippen LogP contribution < -0.4 is 5.73 Å². The van der Waals surface area contributed by atoms with Gasteiger partial charge in [-0.2, -0.15) is 0 Å². The van der Waals surface area contributed by atoms with E-state index in [1.807, 2.05) is 0 Å². The van der Waals surface area contributed by atoms with Crippen LogP contribution in [-0.4, -0.2) is 43.4 Å². The molecule has 0 saturated carbocycles. The van der Waals surface area contributed by atoms with E-state index in [1.54, 1.807) is 17.0 Å². The van der Waals surface area contributed by atoms with Gasteiger partial charge in [-0.05, 0) is 30.5 Å². The van der Waals surface area contributed by atoms with Crippen molar-refractivity contribution in [3.8, 4) is 0 Å². The topological polar surface area (TPSA) is 64.8 Å². The highest BCUT2D eigenvalue weighted by molar-refractivity contribution is 5.67. The molecule has 0 unspecified atom stereocenters. The molecule has 0 aromatic heterocycles. The lowest BCUT2D eigenvalue weighted by molar-refractivity contribution is 0.0241. The Kier molecular flexibility index (Phi) is 5.52. The molecule has 2 rings (SSSR count). The molecule has 1 fully saturated rings. The van der Waals surface area contributed by atoms with Gasteiger partial charge in [-0.1, -0.05) is 12.1 Å². The summed E-state index contributed by atoms with van der Waals surface area (Å²) in [5.74, 6) is -0.298. The van der Waals surface area contributed by atoms with Crippen LogP contribution in [0.4, 0.5) is 9.18 Å². The van der Waals surface area contributed by atoms with Crippen LogP contribution in [0, 0.1) is 5.82 Å². The number of benzene rings is 1. The summed E-state index contributed by atoms with van der Waals surface area (Å²) in [6.07, 6.45) is 1.41. The standard InChI is InChI=1S/C15H21FN2O3/c1-20-15(19)18(9-11-2-4-12(16)5-3-11)10-14-7-6-13(8-17)21-14/h2-5,13-14H,6-10,17H2,1H3/t13-,14-/m1/s1. The first kappa shape index (κ1) is 15.7. The molecule has 1 amide bonds. The van der Waals surface area contributed by atoms with Crippen LogP contribution in [0.15, 0.2) is 24.3 Å². The van der Waals surface area contributed by atoms with Gasteiger partial charge in [0.25, 0.3) is 0 Å². The number of rotatable bonds is 5. The summed E-state index contributed by atoms with van der Waals surface area (Å²) >= 11 is 0. The normalized spacial score (nSPS) is 21.3. The van der Waals surface area contributed by atoms with Crippen molar-refractivity contribution in [1.82, 2.24) is 4.90 Å². The second kappa shape index (κ2) is 7.38. The Morgan fingerprint density at radius 2 is 2.05 bits per heavy atom. The Bertz CT molecular complexity index is 466. The first-order valence-electron chi connectivity index (χ1n) is 7.05. The van der Waals surface area contributed by atoms with Gasteiger partial charge in [-0.25, -0.2) is 9.18 Å². The minimum absolute atomic E-state index is 0.0295. The number of nitrogens with zero attached hydrogens (tertiary/aromatic N) is 1. The maximum Gasteiger partial charge on any atom is 0.409 e. The smallest absolute Gasteiger partial charge is 0.409 e. The molecule has 5 nitrogen and oxygen atoms in total. The van der Waals surface area contributed by atoms with Gasteiger partial charge in [0.15, 0.2) is 0 Å². The molecule has 0 bridgehead atoms. The van der Waals surface area contributed by atoms with E-state index in [9.17, 15) is 9.18 Å². The number of hydrogen-bond donors (Lipinski definition) is 1. The van der Waals surface area contributed by atoms with E-state index < -0.39 is 6.09 Å². The van der Waals surface area contributed by atoms with E-state index in [0.717, 1.165) is 18.4 Å². The highest BCUT2D eigenvalue weighted by Gasteiger charge is 2.28. The van der Waals surface area contributed by atoms with Crippen molar-refractivity contribution in [3.05, 3.63) is 35.6 Å². The van der Waals surface area contributed by atoms with Gasteiger partial charge in [0.2, 0.25) is 0 Å². The number of hydrogen-bond acceptors (Lipinski definition) is 4. The molecule has 1 aliphatic rings. The molecule has 1 aromatic rings. The Morgan fingerprint density at radius 1 is 1.38 bits per heavy atom. The molecule has 1 aliphatic heterocycles. The molecule has 2 atom stereocenters. The van der Waals surface area contributed by atoms with Gasteiger partial charge in [0.05, 0.1) is 25.9 Å². The molecule has 21 heavy (non-hydrogen) atoms. The lowest BCUT2D eigenvalue weighted by atomic mass is 10.1. The maximum atomic E-state index is 12.9. The van der Waals surface area contributed by atoms with Gasteiger partial charge in [0.1, 0.15) is 5.82 Å². The van der Waals surface area contributed by atoms with E-state index in [4.69, 9.17) is 15.2 Å². The summed E-state index contributed by atoms with van der Waals surface area (Å²) in [6.45, 7) is 1.30. The predicted octanol–water partition coefficient (Wildman–Crippen LogP) is 1.90. The fourth-order valence-corrected chi connectivity index (χ4v) is 2.48. The number of carbonyl (C=O) groups is 1. The van der Waals surface area contributed by atoms with Gasteiger partial charge < -0.3 is 20.1 Å². The van der Waals surface area contributed by atoms with Gasteiger partial charge in [-0.15, -0.1) is 0 Å². The third-order valence-electron chi connectivity index (χ3n) is 3.60. The quantitative estimate of drug-likeness (QED) is 0.901. The van der Waals surface area contributed by atoms with Crippen LogP contribution in [0.5, 0.6) is 0 Å². The summed E-state index contributed by atoms with van der Waals surface area (Å²) in [5.41, 5.74) is 6.43. The first-order chi connectivity index (χ1) is 10.1. The minimum Gasteiger partial charge on any atom is -0.453 e. The van der Waals surface area contributed by atoms with E-state index in [-0.39, 0.29) is 18.0 Å². The van der Waals surface area contributed by atoms with Crippen molar-refractivity contribution in [2.45, 2.75) is 31.6 Å². The van der Waals surface area contributed by atoms with Gasteiger partial charge in [0, 0.05) is 13.1 Å². The van der Waals surface area contributed by atoms with E-state index in [2.05, 4.69) is 0 Å². The van der Waals surface area contributed by atoms with Crippen molar-refractivity contribution in [2.24, 2.45) is 5.73 Å². The number of carbonyl (C=O) groups excluding carboxylic acids is 1. The summed E-state index contributed by atoms with van der Waals surface area (Å²) < 4.78 is 23.5. The molecule has 0 aliphatic carbocycles. The Balaban J connectivity index is 1.98. The molecule has 0 radical (unpaired) electrons. The third kappa shape index (κ3) is 4.41. The molecule has 116 valence electrons. The summed E-state index contributed by atoms with van der Waals surface area (Å²) in [4.78, 5) is 13.4. The predicted molar refractivity (Wildman–Crippen MR) is 76.2 cm³/mol. The molecule has 1 saturated heterocycles. The first-order valence-corrected chi connectivity index (χ1v) is 7.05. The van der Waals surface area contributed by atoms with Crippen molar-refractivity contribution >= 4 is 6.09 Å². The molecule has 6 heteroatoms. The van der Waals surface area contributed by atoms with Crippen molar-refractivity contribution in [2.75, 3.05) is 20.2 Å². The van der Waals surface area contributed by atoms with Crippen LogP contribution in [0.2, 0.25) is 0 Å². The summed E-state index contributed by atoms with van der Waals surface area (Å²) in [7, 11) is 1.35. The molecule has 0 spiro atoms. The molecule has 1 heterocycles. The number of methoxy groups -OCH3 is 1. The van der Waals surface area contributed by atoms with Crippen LogP contribution in [0.3, 0.4) is 0 Å². The van der Waals surface area contributed by atoms with E-state index in [1.165, 1.54) is 19.2 Å². The van der Waals surface area contributed by atoms with Crippen molar-refractivity contribution < 1.29 is 18.7 Å². The average Bonchev–Trinajstić information content (AvgIpc) is 2.95. The second-order valence-electron chi connectivity index (χ2n) is 5.17. The van der Waals surface area contributed by atoms with Crippen molar-refractivity contribution in [3.63, 3.8) is 0 Å². The number of halogens is 1. The van der Waals surface area contributed by atoms with Crippen LogP contribution in [0.25, 0.3) is 0 Å². The Hall–Kier alpha value is -1.66. The zero-order chi connectivity index (χ0) is 15.2. The highest BCUT2D eigenvalue weighted by atomic mass is 19.1. The van der Waals surface area contributed by atoms with Crippen LogP contribution >= 0.6 is 0 Å². The average molecular weight is 296 g/mol.